The summed E-state index contributed by atoms with van der Waals surface area (Å²) in [6.07, 6.45) is -1.91. The van der Waals surface area contributed by atoms with Crippen LogP contribution in [0.4, 0.5) is 30.6 Å². The molecule has 0 aliphatic rings. The van der Waals surface area contributed by atoms with Crippen molar-refractivity contribution in [2.75, 3.05) is 17.7 Å². The van der Waals surface area contributed by atoms with Crippen LogP contribution in [0, 0.1) is 6.92 Å². The highest BCUT2D eigenvalue weighted by atomic mass is 19.4. The molecule has 0 spiro atoms. The molecule has 2 heterocycles. The Morgan fingerprint density at radius 1 is 1.38 bits per heavy atom. The first-order chi connectivity index (χ1) is 12.0. The van der Waals surface area contributed by atoms with Crippen LogP contribution < -0.4 is 16.4 Å². The highest BCUT2D eigenvalue weighted by Crippen LogP contribution is 2.34. The van der Waals surface area contributed by atoms with Gasteiger partial charge in [0.2, 0.25) is 11.9 Å². The van der Waals surface area contributed by atoms with Crippen LogP contribution in [-0.4, -0.2) is 32.7 Å². The van der Waals surface area contributed by atoms with Gasteiger partial charge in [-0.3, -0.25) is 9.48 Å². The molecule has 1 unspecified atom stereocenters. The number of amides is 1. The maximum Gasteiger partial charge on any atom is 0.421 e. The van der Waals surface area contributed by atoms with E-state index < -0.39 is 23.2 Å². The lowest BCUT2D eigenvalue weighted by Gasteiger charge is -2.24. The molecule has 2 rings (SSSR count). The number of nitrogens with two attached hydrogens (primary N) is 1. The standard InChI is InChI=1S/C15H20F3N7O/c1-5-14(3,12(19)26)25-7-10(8(2)24-25)22-13-21-6-9(15(16,17)18)11(20-4)23-13/h6-7H,5H2,1-4H3,(H2,19,26)(H2,20,21,22,23). The first-order valence-electron chi connectivity index (χ1n) is 7.78. The van der Waals surface area contributed by atoms with Gasteiger partial charge in [0, 0.05) is 13.2 Å². The van der Waals surface area contributed by atoms with Crippen molar-refractivity contribution in [3.05, 3.63) is 23.7 Å². The van der Waals surface area contributed by atoms with Crippen LogP contribution in [-0.2, 0) is 16.5 Å². The van der Waals surface area contributed by atoms with Crippen LogP contribution in [0.3, 0.4) is 0 Å². The Bertz CT molecular complexity index is 818. The minimum absolute atomic E-state index is 0.0396. The van der Waals surface area contributed by atoms with Gasteiger partial charge in [-0.05, 0) is 20.3 Å². The Balaban J connectivity index is 2.37. The number of alkyl halides is 3. The summed E-state index contributed by atoms with van der Waals surface area (Å²) in [7, 11) is 1.34. The lowest BCUT2D eigenvalue weighted by molar-refractivity contribution is -0.137. The molecule has 2 aromatic rings. The third-order valence-corrected chi connectivity index (χ3v) is 4.20. The Morgan fingerprint density at radius 2 is 2.04 bits per heavy atom. The summed E-state index contributed by atoms with van der Waals surface area (Å²) in [6, 6.07) is 0. The van der Waals surface area contributed by atoms with Gasteiger partial charge in [-0.1, -0.05) is 6.92 Å². The van der Waals surface area contributed by atoms with Crippen molar-refractivity contribution in [1.29, 1.82) is 0 Å². The second-order valence-corrected chi connectivity index (χ2v) is 5.89. The van der Waals surface area contributed by atoms with E-state index in [0.717, 1.165) is 0 Å². The summed E-state index contributed by atoms with van der Waals surface area (Å²) in [5, 5.41) is 9.49. The lowest BCUT2D eigenvalue weighted by Crippen LogP contribution is -2.43. The fourth-order valence-corrected chi connectivity index (χ4v) is 2.25. The number of aromatic nitrogens is 4. The van der Waals surface area contributed by atoms with E-state index in [2.05, 4.69) is 25.7 Å². The molecular weight excluding hydrogens is 351 g/mol. The van der Waals surface area contributed by atoms with Crippen molar-refractivity contribution in [2.24, 2.45) is 5.73 Å². The zero-order valence-corrected chi connectivity index (χ0v) is 14.8. The van der Waals surface area contributed by atoms with Gasteiger partial charge in [-0.25, -0.2) is 4.98 Å². The molecule has 2 aromatic heterocycles. The summed E-state index contributed by atoms with van der Waals surface area (Å²) in [6.45, 7) is 5.13. The summed E-state index contributed by atoms with van der Waals surface area (Å²) in [5.74, 6) is -0.935. The van der Waals surface area contributed by atoms with Gasteiger partial charge in [-0.2, -0.15) is 23.3 Å². The number of nitrogens with one attached hydrogen (secondary N) is 2. The van der Waals surface area contributed by atoms with Crippen LogP contribution in [0.2, 0.25) is 0 Å². The third-order valence-electron chi connectivity index (χ3n) is 4.20. The molecule has 0 aliphatic carbocycles. The van der Waals surface area contributed by atoms with E-state index >= 15 is 0 Å². The topological polar surface area (TPSA) is 111 Å². The van der Waals surface area contributed by atoms with E-state index in [9.17, 15) is 18.0 Å². The number of halogens is 3. The number of aryl methyl sites for hydroxylation is 1. The van der Waals surface area contributed by atoms with Crippen molar-refractivity contribution in [3.63, 3.8) is 0 Å². The number of rotatable bonds is 6. The van der Waals surface area contributed by atoms with E-state index in [1.807, 2.05) is 0 Å². The molecule has 26 heavy (non-hydrogen) atoms. The maximum atomic E-state index is 12.9. The zero-order chi connectivity index (χ0) is 19.7. The molecule has 8 nitrogen and oxygen atoms in total. The number of anilines is 3. The molecule has 0 aromatic carbocycles. The lowest BCUT2D eigenvalue weighted by atomic mass is 9.99. The Morgan fingerprint density at radius 3 is 2.54 bits per heavy atom. The van der Waals surface area contributed by atoms with Crippen LogP contribution in [0.1, 0.15) is 31.5 Å². The summed E-state index contributed by atoms with van der Waals surface area (Å²) < 4.78 is 40.2. The fourth-order valence-electron chi connectivity index (χ4n) is 2.25. The SMILES string of the molecule is CCC(C)(C(N)=O)n1cc(Nc2ncc(C(F)(F)F)c(NC)n2)c(C)n1. The van der Waals surface area contributed by atoms with Crippen molar-refractivity contribution >= 4 is 23.4 Å². The van der Waals surface area contributed by atoms with Crippen molar-refractivity contribution in [2.45, 2.75) is 38.9 Å². The highest BCUT2D eigenvalue weighted by molar-refractivity contribution is 5.82. The number of hydrogen-bond acceptors (Lipinski definition) is 6. The normalized spacial score (nSPS) is 14.0. The van der Waals surface area contributed by atoms with Crippen LogP contribution >= 0.6 is 0 Å². The van der Waals surface area contributed by atoms with Gasteiger partial charge in [0.15, 0.2) is 0 Å². The number of nitrogens with zero attached hydrogens (tertiary/aromatic N) is 4. The van der Waals surface area contributed by atoms with Crippen molar-refractivity contribution in [3.8, 4) is 0 Å². The number of carbonyl (C=O) groups is 1. The summed E-state index contributed by atoms with van der Waals surface area (Å²) >= 11 is 0. The van der Waals surface area contributed by atoms with Gasteiger partial charge < -0.3 is 16.4 Å². The molecule has 0 saturated heterocycles. The molecule has 142 valence electrons. The maximum absolute atomic E-state index is 12.9. The molecule has 0 saturated carbocycles. The molecule has 1 amide bonds. The number of primary amides is 1. The van der Waals surface area contributed by atoms with E-state index in [4.69, 9.17) is 5.73 Å². The minimum Gasteiger partial charge on any atom is -0.372 e. The predicted molar refractivity (Wildman–Crippen MR) is 90.0 cm³/mol. The number of hydrogen-bond donors (Lipinski definition) is 3. The largest absolute Gasteiger partial charge is 0.421 e. The monoisotopic (exact) mass is 371 g/mol. The predicted octanol–water partition coefficient (Wildman–Crippen LogP) is 2.40. The average molecular weight is 371 g/mol. The van der Waals surface area contributed by atoms with Crippen molar-refractivity contribution in [1.82, 2.24) is 19.7 Å². The number of carbonyl (C=O) groups excluding carboxylic acids is 1. The van der Waals surface area contributed by atoms with E-state index in [1.54, 1.807) is 27.0 Å². The van der Waals surface area contributed by atoms with Gasteiger partial charge in [0.25, 0.3) is 0 Å². The zero-order valence-electron chi connectivity index (χ0n) is 14.8. The highest BCUT2D eigenvalue weighted by Gasteiger charge is 2.35. The molecule has 0 radical (unpaired) electrons. The first kappa shape index (κ1) is 19.5. The Kier molecular flexibility index (Phi) is 5.10. The molecule has 0 aliphatic heterocycles. The minimum atomic E-state index is -4.57. The third kappa shape index (κ3) is 3.55. The van der Waals surface area contributed by atoms with Gasteiger partial charge >= 0.3 is 6.18 Å². The Labute approximate surface area is 148 Å². The molecule has 0 bridgehead atoms. The summed E-state index contributed by atoms with van der Waals surface area (Å²) in [4.78, 5) is 19.3. The van der Waals surface area contributed by atoms with Crippen LogP contribution in [0.15, 0.2) is 12.4 Å². The molecule has 11 heteroatoms. The van der Waals surface area contributed by atoms with Crippen molar-refractivity contribution < 1.29 is 18.0 Å². The molecule has 0 fully saturated rings. The quantitative estimate of drug-likeness (QED) is 0.719. The van der Waals surface area contributed by atoms with Crippen LogP contribution in [0.5, 0.6) is 0 Å². The molecular formula is C15H20F3N7O. The average Bonchev–Trinajstić information content (AvgIpc) is 2.93. The van der Waals surface area contributed by atoms with E-state index in [1.165, 1.54) is 11.7 Å². The van der Waals surface area contributed by atoms with Gasteiger partial charge in [0.05, 0.1) is 17.6 Å². The Hall–Kier alpha value is -2.85. The summed E-state index contributed by atoms with van der Waals surface area (Å²) in [5.41, 5.74) is 4.43. The fraction of sp³-hybridized carbons (Fsp3) is 0.467. The second-order valence-electron chi connectivity index (χ2n) is 5.89. The van der Waals surface area contributed by atoms with Gasteiger partial charge in [0.1, 0.15) is 16.9 Å². The van der Waals surface area contributed by atoms with Gasteiger partial charge in [-0.15, -0.1) is 0 Å². The van der Waals surface area contributed by atoms with E-state index in [-0.39, 0.29) is 11.8 Å². The second kappa shape index (κ2) is 6.81. The molecule has 1 atom stereocenters. The molecule has 4 N–H and O–H groups in total. The van der Waals surface area contributed by atoms with E-state index in [0.29, 0.717) is 24.0 Å². The van der Waals surface area contributed by atoms with Crippen LogP contribution in [0.25, 0.3) is 0 Å². The smallest absolute Gasteiger partial charge is 0.372 e. The first-order valence-corrected chi connectivity index (χ1v) is 7.78.